The van der Waals surface area contributed by atoms with Crippen LogP contribution in [0.5, 0.6) is 0 Å². The van der Waals surface area contributed by atoms with Crippen LogP contribution >= 0.6 is 0 Å². The van der Waals surface area contributed by atoms with E-state index < -0.39 is 15.8 Å². The minimum absolute atomic E-state index is 0.00691. The van der Waals surface area contributed by atoms with Crippen molar-refractivity contribution in [3.8, 4) is 0 Å². The van der Waals surface area contributed by atoms with E-state index in [0.717, 1.165) is 0 Å². The van der Waals surface area contributed by atoms with Gasteiger partial charge in [-0.3, -0.25) is 9.71 Å². The molecule has 0 aliphatic rings. The van der Waals surface area contributed by atoms with Gasteiger partial charge < -0.3 is 9.32 Å². The zero-order valence-corrected chi connectivity index (χ0v) is 14.9. The van der Waals surface area contributed by atoms with Crippen LogP contribution in [0.2, 0.25) is 0 Å². The van der Waals surface area contributed by atoms with Crippen LogP contribution < -0.4 is 15.4 Å². The Morgan fingerprint density at radius 1 is 1.16 bits per heavy atom. The first-order valence-electron chi connectivity index (χ1n) is 7.35. The van der Waals surface area contributed by atoms with Gasteiger partial charge in [-0.05, 0) is 32.0 Å². The number of hydrogen-bond donors (Lipinski definition) is 2. The lowest BCUT2D eigenvalue weighted by atomic mass is 10.3. The van der Waals surface area contributed by atoms with E-state index in [9.17, 15) is 13.2 Å². The summed E-state index contributed by atoms with van der Waals surface area (Å²) in [6.45, 7) is 3.41. The molecule has 0 saturated carbocycles. The fourth-order valence-electron chi connectivity index (χ4n) is 2.34. The molecule has 0 fully saturated rings. The highest BCUT2D eigenvalue weighted by molar-refractivity contribution is 7.92. The molecule has 0 aliphatic heterocycles. The molecule has 0 radical (unpaired) electrons. The maximum Gasteiger partial charge on any atom is 0.417 e. The van der Waals surface area contributed by atoms with Crippen molar-refractivity contribution in [3.63, 3.8) is 0 Å². The number of sulfonamides is 1. The van der Waals surface area contributed by atoms with E-state index in [1.54, 1.807) is 32.8 Å². The van der Waals surface area contributed by atoms with Gasteiger partial charge in [0.05, 0.1) is 27.5 Å². The zero-order valence-electron chi connectivity index (χ0n) is 14.1. The molecule has 0 bridgehead atoms. The Morgan fingerprint density at radius 3 is 2.40 bits per heavy atom. The van der Waals surface area contributed by atoms with E-state index in [1.165, 1.54) is 18.2 Å². The molecular weight excluding hydrogens is 346 g/mol. The number of anilines is 2. The van der Waals surface area contributed by atoms with Gasteiger partial charge in [-0.2, -0.15) is 0 Å². The molecule has 132 valence electrons. The Balaban J connectivity index is 2.02. The summed E-state index contributed by atoms with van der Waals surface area (Å²) in [7, 11) is -0.272. The maximum absolute atomic E-state index is 12.7. The molecule has 3 rings (SSSR count). The summed E-state index contributed by atoms with van der Waals surface area (Å²) in [5, 5.41) is 0. The van der Waals surface area contributed by atoms with Gasteiger partial charge in [0.15, 0.2) is 5.58 Å². The molecule has 0 unspecified atom stereocenters. The van der Waals surface area contributed by atoms with Crippen molar-refractivity contribution in [1.82, 2.24) is 15.0 Å². The minimum Gasteiger partial charge on any atom is -0.408 e. The summed E-state index contributed by atoms with van der Waals surface area (Å²) in [6, 6.07) is 4.12. The first kappa shape index (κ1) is 17.0. The Kier molecular flexibility index (Phi) is 3.99. The Hall–Kier alpha value is -2.88. The number of aryl methyl sites for hydroxylation is 2. The smallest absolute Gasteiger partial charge is 0.408 e. The predicted octanol–water partition coefficient (Wildman–Crippen LogP) is 1.39. The van der Waals surface area contributed by atoms with E-state index in [0.29, 0.717) is 28.5 Å². The fourth-order valence-corrected chi connectivity index (χ4v) is 3.54. The number of benzene rings is 1. The van der Waals surface area contributed by atoms with Crippen molar-refractivity contribution >= 4 is 32.8 Å². The molecule has 0 atom stereocenters. The second-order valence-electron chi connectivity index (χ2n) is 5.74. The van der Waals surface area contributed by atoms with Crippen molar-refractivity contribution in [3.05, 3.63) is 40.1 Å². The van der Waals surface area contributed by atoms with Gasteiger partial charge >= 0.3 is 5.76 Å². The first-order valence-corrected chi connectivity index (χ1v) is 8.84. The lowest BCUT2D eigenvalue weighted by Crippen LogP contribution is -2.18. The van der Waals surface area contributed by atoms with Gasteiger partial charge in [-0.1, -0.05) is 0 Å². The molecular formula is C15H17N5O4S. The van der Waals surface area contributed by atoms with E-state index in [-0.39, 0.29) is 10.5 Å². The Labute approximate surface area is 143 Å². The second-order valence-corrected chi connectivity index (χ2v) is 7.42. The standard InChI is InChI=1S/C15H17N5O4S/c1-8-13(9(2)17-14(16-8)20(3)4)19-25(22,23)10-5-6-12-11(7-10)18-15(21)24-12/h5-7,19H,1-4H3,(H,18,21). The molecule has 3 aromatic rings. The number of hydrogen-bond acceptors (Lipinski definition) is 7. The number of H-pyrrole nitrogens is 1. The van der Waals surface area contributed by atoms with Gasteiger partial charge in [0, 0.05) is 14.1 Å². The van der Waals surface area contributed by atoms with Crippen LogP contribution in [0.25, 0.3) is 11.1 Å². The summed E-state index contributed by atoms with van der Waals surface area (Å²) < 4.78 is 32.7. The highest BCUT2D eigenvalue weighted by Gasteiger charge is 2.20. The summed E-state index contributed by atoms with van der Waals surface area (Å²) >= 11 is 0. The SMILES string of the molecule is Cc1nc(N(C)C)nc(C)c1NS(=O)(=O)c1ccc2oc(=O)[nH]c2c1. The molecule has 0 aliphatic carbocycles. The van der Waals surface area contributed by atoms with Crippen LogP contribution in [0.1, 0.15) is 11.4 Å². The van der Waals surface area contributed by atoms with E-state index >= 15 is 0 Å². The molecule has 2 heterocycles. The lowest BCUT2D eigenvalue weighted by molar-refractivity contribution is 0.555. The topological polar surface area (TPSA) is 121 Å². The highest BCUT2D eigenvalue weighted by Crippen LogP contribution is 2.24. The third kappa shape index (κ3) is 3.20. The number of aromatic nitrogens is 3. The van der Waals surface area contributed by atoms with Crippen molar-refractivity contribution in [2.24, 2.45) is 0 Å². The molecule has 9 nitrogen and oxygen atoms in total. The van der Waals surface area contributed by atoms with Gasteiger partial charge in [-0.25, -0.2) is 23.2 Å². The van der Waals surface area contributed by atoms with Gasteiger partial charge in [0.1, 0.15) is 0 Å². The monoisotopic (exact) mass is 363 g/mol. The molecule has 10 heteroatoms. The van der Waals surface area contributed by atoms with E-state index in [2.05, 4.69) is 19.7 Å². The van der Waals surface area contributed by atoms with Crippen molar-refractivity contribution in [2.75, 3.05) is 23.7 Å². The van der Waals surface area contributed by atoms with E-state index in [1.807, 2.05) is 0 Å². The average molecular weight is 363 g/mol. The zero-order chi connectivity index (χ0) is 18.4. The third-order valence-corrected chi connectivity index (χ3v) is 4.94. The molecule has 2 aromatic heterocycles. The predicted molar refractivity (Wildman–Crippen MR) is 93.5 cm³/mol. The molecule has 0 amide bonds. The normalized spacial score (nSPS) is 11.7. The molecule has 0 saturated heterocycles. The van der Waals surface area contributed by atoms with Crippen molar-refractivity contribution < 1.29 is 12.8 Å². The average Bonchev–Trinajstić information content (AvgIpc) is 2.89. The molecule has 0 spiro atoms. The Bertz CT molecular complexity index is 1090. The van der Waals surface area contributed by atoms with Gasteiger partial charge in [0.2, 0.25) is 5.95 Å². The molecule has 1 aromatic carbocycles. The number of nitrogens with zero attached hydrogens (tertiary/aromatic N) is 3. The lowest BCUT2D eigenvalue weighted by Gasteiger charge is -2.16. The quantitative estimate of drug-likeness (QED) is 0.718. The number of oxazole rings is 1. The Morgan fingerprint density at radius 2 is 1.80 bits per heavy atom. The van der Waals surface area contributed by atoms with Crippen LogP contribution in [-0.4, -0.2) is 37.5 Å². The molecule has 2 N–H and O–H groups in total. The minimum atomic E-state index is -3.88. The van der Waals surface area contributed by atoms with E-state index in [4.69, 9.17) is 4.42 Å². The number of nitrogens with one attached hydrogen (secondary N) is 2. The molecule has 25 heavy (non-hydrogen) atoms. The van der Waals surface area contributed by atoms with Crippen LogP contribution in [0.3, 0.4) is 0 Å². The summed E-state index contributed by atoms with van der Waals surface area (Å²) in [5.74, 6) is -0.146. The summed E-state index contributed by atoms with van der Waals surface area (Å²) in [4.78, 5) is 24.0. The fraction of sp³-hybridized carbons (Fsp3) is 0.267. The van der Waals surface area contributed by atoms with Gasteiger partial charge in [0.25, 0.3) is 10.0 Å². The van der Waals surface area contributed by atoms with Crippen LogP contribution in [0.4, 0.5) is 11.6 Å². The largest absolute Gasteiger partial charge is 0.417 e. The van der Waals surface area contributed by atoms with Gasteiger partial charge in [-0.15, -0.1) is 0 Å². The first-order chi connectivity index (χ1) is 11.7. The van der Waals surface area contributed by atoms with Crippen LogP contribution in [0, 0.1) is 13.8 Å². The van der Waals surface area contributed by atoms with Crippen LogP contribution in [0.15, 0.2) is 32.3 Å². The second kappa shape index (κ2) is 5.88. The number of fused-ring (bicyclic) bond motifs is 1. The van der Waals surface area contributed by atoms with Crippen molar-refractivity contribution in [2.45, 2.75) is 18.7 Å². The summed E-state index contributed by atoms with van der Waals surface area (Å²) in [6.07, 6.45) is 0. The van der Waals surface area contributed by atoms with Crippen LogP contribution in [-0.2, 0) is 10.0 Å². The third-order valence-electron chi connectivity index (χ3n) is 3.60. The summed E-state index contributed by atoms with van der Waals surface area (Å²) in [5.41, 5.74) is 1.94. The highest BCUT2D eigenvalue weighted by atomic mass is 32.2. The maximum atomic E-state index is 12.7. The van der Waals surface area contributed by atoms with Crippen molar-refractivity contribution in [1.29, 1.82) is 0 Å². The number of aromatic amines is 1. The number of rotatable bonds is 4.